The van der Waals surface area contributed by atoms with E-state index in [4.69, 9.17) is 9.47 Å². The number of rotatable bonds is 5. The van der Waals surface area contributed by atoms with Crippen LogP contribution >= 0.6 is 0 Å². The Bertz CT molecular complexity index is 459. The van der Waals surface area contributed by atoms with Crippen LogP contribution < -0.4 is 14.8 Å². The summed E-state index contributed by atoms with van der Waals surface area (Å²) in [6.45, 7) is 3.95. The van der Waals surface area contributed by atoms with Gasteiger partial charge in [-0.15, -0.1) is 0 Å². The lowest BCUT2D eigenvalue weighted by atomic mass is 9.80. The number of fused-ring (bicyclic) bond motifs is 1. The van der Waals surface area contributed by atoms with E-state index in [-0.39, 0.29) is 0 Å². The van der Waals surface area contributed by atoms with E-state index in [1.54, 1.807) is 0 Å². The maximum atomic E-state index is 10.3. The number of ether oxygens (including phenoxy) is 2. The normalized spacial score (nSPS) is 21.1. The summed E-state index contributed by atoms with van der Waals surface area (Å²) < 4.78 is 11.0. The fourth-order valence-corrected chi connectivity index (χ4v) is 2.79. The zero-order chi connectivity index (χ0) is 13.9. The zero-order valence-corrected chi connectivity index (χ0v) is 12.0. The van der Waals surface area contributed by atoms with E-state index in [0.717, 1.165) is 23.0 Å². The molecule has 0 saturated heterocycles. The third kappa shape index (κ3) is 2.91. The average Bonchev–Trinajstić information content (AvgIpc) is 2.42. The molecule has 1 aromatic carbocycles. The van der Waals surface area contributed by atoms with Gasteiger partial charge in [0.05, 0.1) is 6.10 Å². The molecule has 0 aromatic heterocycles. The van der Waals surface area contributed by atoms with E-state index in [1.807, 2.05) is 18.2 Å². The predicted molar refractivity (Wildman–Crippen MR) is 77.2 cm³/mol. The molecule has 2 atom stereocenters. The van der Waals surface area contributed by atoms with Crippen molar-refractivity contribution in [2.24, 2.45) is 5.92 Å². The smallest absolute Gasteiger partial charge is 0.161 e. The van der Waals surface area contributed by atoms with Crippen LogP contribution in [0.4, 0.5) is 0 Å². The molecule has 4 nitrogen and oxygen atoms in total. The molecular formula is C16H23NO3. The van der Waals surface area contributed by atoms with Gasteiger partial charge in [0, 0.05) is 12.6 Å². The van der Waals surface area contributed by atoms with Crippen molar-refractivity contribution in [3.8, 4) is 11.5 Å². The van der Waals surface area contributed by atoms with Crippen LogP contribution in [-0.4, -0.2) is 30.9 Å². The molecule has 1 heterocycles. The largest absolute Gasteiger partial charge is 0.486 e. The highest BCUT2D eigenvalue weighted by Gasteiger charge is 2.24. The lowest BCUT2D eigenvalue weighted by molar-refractivity contribution is 0.151. The van der Waals surface area contributed by atoms with Crippen molar-refractivity contribution in [1.29, 1.82) is 0 Å². The maximum Gasteiger partial charge on any atom is 0.161 e. The molecule has 110 valence electrons. The molecule has 1 aliphatic carbocycles. The molecule has 0 amide bonds. The Balaban J connectivity index is 1.57. The molecule has 3 rings (SSSR count). The Morgan fingerprint density at radius 1 is 1.25 bits per heavy atom. The summed E-state index contributed by atoms with van der Waals surface area (Å²) in [6.07, 6.45) is 3.47. The monoisotopic (exact) mass is 277 g/mol. The van der Waals surface area contributed by atoms with Crippen LogP contribution in [0.25, 0.3) is 0 Å². The van der Waals surface area contributed by atoms with Crippen LogP contribution in [0.5, 0.6) is 11.5 Å². The molecule has 1 saturated carbocycles. The highest BCUT2D eigenvalue weighted by atomic mass is 16.6. The molecule has 20 heavy (non-hydrogen) atoms. The van der Waals surface area contributed by atoms with Gasteiger partial charge >= 0.3 is 0 Å². The lowest BCUT2D eigenvalue weighted by Crippen LogP contribution is -2.39. The van der Waals surface area contributed by atoms with Crippen molar-refractivity contribution < 1.29 is 14.6 Å². The van der Waals surface area contributed by atoms with Crippen LogP contribution in [-0.2, 0) is 0 Å². The van der Waals surface area contributed by atoms with Crippen LogP contribution in [0, 0.1) is 5.92 Å². The van der Waals surface area contributed by atoms with Gasteiger partial charge in [0.15, 0.2) is 11.5 Å². The van der Waals surface area contributed by atoms with Gasteiger partial charge < -0.3 is 19.9 Å². The molecule has 1 fully saturated rings. The van der Waals surface area contributed by atoms with Crippen LogP contribution in [0.2, 0.25) is 0 Å². The summed E-state index contributed by atoms with van der Waals surface area (Å²) in [6, 6.07) is 6.15. The second-order valence-electron chi connectivity index (χ2n) is 5.81. The minimum atomic E-state index is -0.506. The Hall–Kier alpha value is -1.26. The fourth-order valence-electron chi connectivity index (χ4n) is 2.79. The Morgan fingerprint density at radius 2 is 2.00 bits per heavy atom. The van der Waals surface area contributed by atoms with Crippen LogP contribution in [0.15, 0.2) is 18.2 Å². The van der Waals surface area contributed by atoms with E-state index in [9.17, 15) is 5.11 Å². The van der Waals surface area contributed by atoms with Gasteiger partial charge in [-0.05, 0) is 43.4 Å². The Labute approximate surface area is 120 Å². The Kier molecular flexibility index (Phi) is 4.13. The van der Waals surface area contributed by atoms with Crippen LogP contribution in [0.1, 0.15) is 37.9 Å². The van der Waals surface area contributed by atoms with Crippen molar-refractivity contribution in [2.45, 2.75) is 38.3 Å². The van der Waals surface area contributed by atoms with Gasteiger partial charge in [-0.2, -0.15) is 0 Å². The molecule has 2 N–H and O–H groups in total. The van der Waals surface area contributed by atoms with E-state index >= 15 is 0 Å². The molecule has 2 unspecified atom stereocenters. The topological polar surface area (TPSA) is 50.7 Å². The standard InChI is InChI=1S/C16H23NO3/c1-11(12-3-2-4-12)17-10-14(18)13-5-6-15-16(9-13)20-8-7-19-15/h5-6,9,11-12,14,17-18H,2-4,7-8,10H2,1H3. The molecular weight excluding hydrogens is 254 g/mol. The predicted octanol–water partition coefficient (Wildman–Crippen LogP) is 2.27. The highest BCUT2D eigenvalue weighted by molar-refractivity contribution is 5.44. The molecule has 1 aliphatic heterocycles. The number of aliphatic hydroxyl groups is 1. The third-order valence-electron chi connectivity index (χ3n) is 4.44. The van der Waals surface area contributed by atoms with Gasteiger partial charge in [0.2, 0.25) is 0 Å². The first kappa shape index (κ1) is 13.7. The lowest BCUT2D eigenvalue weighted by Gasteiger charge is -2.32. The number of hydrogen-bond donors (Lipinski definition) is 2. The average molecular weight is 277 g/mol. The molecule has 0 radical (unpaired) electrons. The zero-order valence-electron chi connectivity index (χ0n) is 12.0. The summed E-state index contributed by atoms with van der Waals surface area (Å²) in [5.41, 5.74) is 0.877. The number of benzene rings is 1. The fraction of sp³-hybridized carbons (Fsp3) is 0.625. The van der Waals surface area contributed by atoms with Gasteiger partial charge in [0.1, 0.15) is 13.2 Å². The minimum absolute atomic E-state index is 0.482. The minimum Gasteiger partial charge on any atom is -0.486 e. The van der Waals surface area contributed by atoms with Gasteiger partial charge in [0.25, 0.3) is 0 Å². The van der Waals surface area contributed by atoms with E-state index in [1.165, 1.54) is 19.3 Å². The maximum absolute atomic E-state index is 10.3. The summed E-state index contributed by atoms with van der Waals surface area (Å²) in [5, 5.41) is 13.7. The van der Waals surface area contributed by atoms with Crippen molar-refractivity contribution in [1.82, 2.24) is 5.32 Å². The number of hydrogen-bond acceptors (Lipinski definition) is 4. The van der Waals surface area contributed by atoms with Crippen molar-refractivity contribution >= 4 is 0 Å². The van der Waals surface area contributed by atoms with Crippen LogP contribution in [0.3, 0.4) is 0 Å². The first-order valence-corrected chi connectivity index (χ1v) is 7.55. The van der Waals surface area contributed by atoms with E-state index in [0.29, 0.717) is 25.8 Å². The molecule has 4 heteroatoms. The first-order chi connectivity index (χ1) is 9.74. The summed E-state index contributed by atoms with van der Waals surface area (Å²) >= 11 is 0. The first-order valence-electron chi connectivity index (χ1n) is 7.55. The molecule has 2 aliphatic rings. The Morgan fingerprint density at radius 3 is 2.70 bits per heavy atom. The number of nitrogens with one attached hydrogen (secondary N) is 1. The quantitative estimate of drug-likeness (QED) is 0.867. The summed E-state index contributed by atoms with van der Waals surface area (Å²) in [4.78, 5) is 0. The van der Waals surface area contributed by atoms with E-state index < -0.39 is 6.10 Å². The molecule has 0 bridgehead atoms. The van der Waals surface area contributed by atoms with Gasteiger partial charge in [-0.25, -0.2) is 0 Å². The third-order valence-corrected chi connectivity index (χ3v) is 4.44. The highest BCUT2D eigenvalue weighted by Crippen LogP contribution is 2.33. The second-order valence-corrected chi connectivity index (χ2v) is 5.81. The summed E-state index contributed by atoms with van der Waals surface area (Å²) in [7, 11) is 0. The molecule has 0 spiro atoms. The second kappa shape index (κ2) is 6.02. The SMILES string of the molecule is CC(NCC(O)c1ccc2c(c1)OCCO2)C1CCC1. The van der Waals surface area contributed by atoms with E-state index in [2.05, 4.69) is 12.2 Å². The molecule has 1 aromatic rings. The van der Waals surface area contributed by atoms with Crippen molar-refractivity contribution in [3.05, 3.63) is 23.8 Å². The van der Waals surface area contributed by atoms with Crippen molar-refractivity contribution in [2.75, 3.05) is 19.8 Å². The number of aliphatic hydroxyl groups excluding tert-OH is 1. The van der Waals surface area contributed by atoms with Crippen molar-refractivity contribution in [3.63, 3.8) is 0 Å². The van der Waals surface area contributed by atoms with Gasteiger partial charge in [-0.3, -0.25) is 0 Å². The summed E-state index contributed by atoms with van der Waals surface area (Å²) in [5.74, 6) is 2.28. The van der Waals surface area contributed by atoms with Gasteiger partial charge in [-0.1, -0.05) is 12.5 Å².